The van der Waals surface area contributed by atoms with Crippen molar-refractivity contribution in [1.82, 2.24) is 0 Å². The maximum atomic E-state index is 2.44. The summed E-state index contributed by atoms with van der Waals surface area (Å²) >= 11 is 0. The first-order valence-corrected chi connectivity index (χ1v) is 5.61. The van der Waals surface area contributed by atoms with Crippen molar-refractivity contribution in [2.45, 2.75) is 53.4 Å². The molecule has 0 aromatic rings. The predicted molar refractivity (Wildman–Crippen MR) is 55.1 cm³/mol. The second-order valence-electron chi connectivity index (χ2n) is 5.13. The van der Waals surface area contributed by atoms with Crippen LogP contribution in [0.3, 0.4) is 0 Å². The lowest BCUT2D eigenvalue weighted by atomic mass is 9.73. The van der Waals surface area contributed by atoms with E-state index < -0.39 is 0 Å². The topological polar surface area (TPSA) is 0 Å². The van der Waals surface area contributed by atoms with Gasteiger partial charge in [0.2, 0.25) is 0 Å². The van der Waals surface area contributed by atoms with Gasteiger partial charge in [-0.25, -0.2) is 0 Å². The van der Waals surface area contributed by atoms with Crippen molar-refractivity contribution >= 4 is 0 Å². The Morgan fingerprint density at radius 3 is 2.25 bits per heavy atom. The lowest BCUT2D eigenvalue weighted by Crippen LogP contribution is -2.23. The first-order valence-electron chi connectivity index (χ1n) is 5.61. The van der Waals surface area contributed by atoms with Gasteiger partial charge in [0.05, 0.1) is 0 Å². The molecule has 1 aliphatic rings. The Morgan fingerprint density at radius 2 is 1.75 bits per heavy atom. The molecule has 1 aliphatic carbocycles. The van der Waals surface area contributed by atoms with Gasteiger partial charge in [-0.15, -0.1) is 0 Å². The molecule has 0 nitrogen and oxygen atoms in total. The van der Waals surface area contributed by atoms with Crippen LogP contribution < -0.4 is 0 Å². The Kier molecular flexibility index (Phi) is 3.61. The third-order valence-corrected chi connectivity index (χ3v) is 3.77. The van der Waals surface area contributed by atoms with Crippen LogP contribution in [0.4, 0.5) is 0 Å². The van der Waals surface area contributed by atoms with Gasteiger partial charge in [-0.1, -0.05) is 47.0 Å². The highest BCUT2D eigenvalue weighted by molar-refractivity contribution is 4.76. The van der Waals surface area contributed by atoms with E-state index in [-0.39, 0.29) is 0 Å². The van der Waals surface area contributed by atoms with E-state index in [1.807, 2.05) is 0 Å². The number of rotatable bonds is 2. The summed E-state index contributed by atoms with van der Waals surface area (Å²) in [5, 5.41) is 0. The minimum Gasteiger partial charge on any atom is -0.0625 e. The van der Waals surface area contributed by atoms with Gasteiger partial charge < -0.3 is 0 Å². The van der Waals surface area contributed by atoms with Crippen molar-refractivity contribution in [3.63, 3.8) is 0 Å². The van der Waals surface area contributed by atoms with Gasteiger partial charge in [-0.05, 0) is 30.1 Å². The maximum Gasteiger partial charge on any atom is -0.0384 e. The number of hydrogen-bond donors (Lipinski definition) is 0. The second kappa shape index (κ2) is 4.30. The van der Waals surface area contributed by atoms with E-state index in [9.17, 15) is 0 Å². The van der Waals surface area contributed by atoms with Gasteiger partial charge in [-0.2, -0.15) is 0 Å². The predicted octanol–water partition coefficient (Wildman–Crippen LogP) is 4.10. The smallest absolute Gasteiger partial charge is 0.0384 e. The van der Waals surface area contributed by atoms with Crippen LogP contribution in [-0.4, -0.2) is 0 Å². The summed E-state index contributed by atoms with van der Waals surface area (Å²) in [7, 11) is 0. The summed E-state index contributed by atoms with van der Waals surface area (Å²) in [4.78, 5) is 0. The molecule has 0 spiro atoms. The standard InChI is InChI=1S/C12H24/c1-9(2)11(4)12-7-5-6-10(3)8-12/h9-12H,5-8H2,1-4H3/t10-,11+,12+/m0/s1. The molecule has 0 aliphatic heterocycles. The van der Waals surface area contributed by atoms with Crippen molar-refractivity contribution in [2.24, 2.45) is 23.7 Å². The third-order valence-electron chi connectivity index (χ3n) is 3.77. The Balaban J connectivity index is 2.40. The molecule has 72 valence electrons. The molecule has 0 heteroatoms. The first-order chi connectivity index (χ1) is 5.61. The molecule has 0 amide bonds. The van der Waals surface area contributed by atoms with Crippen LogP contribution in [0.5, 0.6) is 0 Å². The Bertz CT molecular complexity index is 126. The Labute approximate surface area is 77.7 Å². The highest BCUT2D eigenvalue weighted by atomic mass is 14.3. The molecule has 0 aromatic heterocycles. The molecule has 3 atom stereocenters. The van der Waals surface area contributed by atoms with Gasteiger partial charge in [-0.3, -0.25) is 0 Å². The van der Waals surface area contributed by atoms with Crippen molar-refractivity contribution in [1.29, 1.82) is 0 Å². The molecule has 0 unspecified atom stereocenters. The average Bonchev–Trinajstić information content (AvgIpc) is 2.03. The molecule has 0 heterocycles. The zero-order valence-electron chi connectivity index (χ0n) is 9.14. The first kappa shape index (κ1) is 10.1. The van der Waals surface area contributed by atoms with E-state index in [1.54, 1.807) is 0 Å². The van der Waals surface area contributed by atoms with E-state index in [0.717, 1.165) is 23.7 Å². The van der Waals surface area contributed by atoms with E-state index in [1.165, 1.54) is 25.7 Å². The van der Waals surface area contributed by atoms with Gasteiger partial charge in [0.15, 0.2) is 0 Å². The summed E-state index contributed by atoms with van der Waals surface area (Å²) in [6, 6.07) is 0. The van der Waals surface area contributed by atoms with Gasteiger partial charge in [0, 0.05) is 0 Å². The minimum absolute atomic E-state index is 0.875. The highest BCUT2D eigenvalue weighted by Gasteiger charge is 2.25. The van der Waals surface area contributed by atoms with Crippen molar-refractivity contribution < 1.29 is 0 Å². The lowest BCUT2D eigenvalue weighted by Gasteiger charge is -2.33. The summed E-state index contributed by atoms with van der Waals surface area (Å²) in [5.74, 6) is 3.83. The molecule has 1 fully saturated rings. The van der Waals surface area contributed by atoms with Crippen molar-refractivity contribution in [2.75, 3.05) is 0 Å². The van der Waals surface area contributed by atoms with Crippen molar-refractivity contribution in [3.05, 3.63) is 0 Å². The molecule has 0 bridgehead atoms. The van der Waals surface area contributed by atoms with Crippen LogP contribution in [0.25, 0.3) is 0 Å². The normalized spacial score (nSPS) is 33.8. The van der Waals surface area contributed by atoms with Crippen LogP contribution in [0, 0.1) is 23.7 Å². The Morgan fingerprint density at radius 1 is 1.08 bits per heavy atom. The summed E-state index contributed by atoms with van der Waals surface area (Å²) in [6.45, 7) is 9.58. The van der Waals surface area contributed by atoms with E-state index in [2.05, 4.69) is 27.7 Å². The van der Waals surface area contributed by atoms with Gasteiger partial charge >= 0.3 is 0 Å². The largest absolute Gasteiger partial charge is 0.0625 e. The number of hydrogen-bond acceptors (Lipinski definition) is 0. The van der Waals surface area contributed by atoms with Crippen LogP contribution in [-0.2, 0) is 0 Å². The molecule has 12 heavy (non-hydrogen) atoms. The molecular weight excluding hydrogens is 144 g/mol. The molecule has 1 saturated carbocycles. The molecule has 0 aromatic carbocycles. The molecule has 0 radical (unpaired) electrons. The molecule has 1 rings (SSSR count). The quantitative estimate of drug-likeness (QED) is 0.582. The Hall–Kier alpha value is 0. The maximum absolute atomic E-state index is 2.44. The van der Waals surface area contributed by atoms with E-state index >= 15 is 0 Å². The van der Waals surface area contributed by atoms with Crippen LogP contribution in [0.15, 0.2) is 0 Å². The summed E-state index contributed by atoms with van der Waals surface area (Å²) in [5.41, 5.74) is 0. The van der Waals surface area contributed by atoms with Gasteiger partial charge in [0.1, 0.15) is 0 Å². The van der Waals surface area contributed by atoms with Crippen LogP contribution >= 0.6 is 0 Å². The fourth-order valence-corrected chi connectivity index (χ4v) is 2.50. The molecule has 0 N–H and O–H groups in total. The van der Waals surface area contributed by atoms with E-state index in [0.29, 0.717) is 0 Å². The third kappa shape index (κ3) is 2.50. The van der Waals surface area contributed by atoms with E-state index in [4.69, 9.17) is 0 Å². The SMILES string of the molecule is CC(C)[C@@H](C)[C@@H]1CCC[C@H](C)C1. The zero-order chi connectivity index (χ0) is 9.14. The second-order valence-corrected chi connectivity index (χ2v) is 5.13. The van der Waals surface area contributed by atoms with Crippen molar-refractivity contribution in [3.8, 4) is 0 Å². The fourth-order valence-electron chi connectivity index (χ4n) is 2.50. The van der Waals surface area contributed by atoms with Crippen LogP contribution in [0.1, 0.15) is 53.4 Å². The highest BCUT2D eigenvalue weighted by Crippen LogP contribution is 2.36. The molecular formula is C12H24. The molecule has 0 saturated heterocycles. The fraction of sp³-hybridized carbons (Fsp3) is 1.00. The average molecular weight is 168 g/mol. The summed E-state index contributed by atoms with van der Waals surface area (Å²) < 4.78 is 0. The zero-order valence-corrected chi connectivity index (χ0v) is 9.14. The summed E-state index contributed by atoms with van der Waals surface area (Å²) in [6.07, 6.45) is 5.92. The van der Waals surface area contributed by atoms with Gasteiger partial charge in [0.25, 0.3) is 0 Å². The van der Waals surface area contributed by atoms with Crippen LogP contribution in [0.2, 0.25) is 0 Å². The monoisotopic (exact) mass is 168 g/mol. The lowest BCUT2D eigenvalue weighted by molar-refractivity contribution is 0.179. The minimum atomic E-state index is 0.875.